The number of nitrogens with one attached hydrogen (secondary N) is 1. The maximum absolute atomic E-state index is 12.7. The number of Topliss-reactive ketones (excluding diaryl/α,β-unsaturated/α-hetero) is 1. The van der Waals surface area contributed by atoms with Crippen molar-refractivity contribution in [3.63, 3.8) is 0 Å². The molecule has 2 aliphatic rings. The zero-order valence-corrected chi connectivity index (χ0v) is 15.7. The van der Waals surface area contributed by atoms with Gasteiger partial charge in [0.1, 0.15) is 11.9 Å². The lowest BCUT2D eigenvalue weighted by molar-refractivity contribution is -0.119. The molecule has 1 N–H and O–H groups in total. The Morgan fingerprint density at radius 3 is 2.85 bits per heavy atom. The highest BCUT2D eigenvalue weighted by Crippen LogP contribution is 2.32. The van der Waals surface area contributed by atoms with Crippen molar-refractivity contribution in [3.05, 3.63) is 35.5 Å². The average Bonchev–Trinajstić information content (AvgIpc) is 2.91. The van der Waals surface area contributed by atoms with Crippen molar-refractivity contribution < 1.29 is 23.9 Å². The van der Waals surface area contributed by atoms with Crippen molar-refractivity contribution in [2.45, 2.75) is 19.4 Å². The predicted octanol–water partition coefficient (Wildman–Crippen LogP) is 1.56. The van der Waals surface area contributed by atoms with Crippen LogP contribution in [0.15, 0.2) is 30.0 Å². The van der Waals surface area contributed by atoms with Crippen LogP contribution < -0.4 is 15.0 Å². The summed E-state index contributed by atoms with van der Waals surface area (Å²) in [7, 11) is 3.73. The Bertz CT molecular complexity index is 803. The topological polar surface area (TPSA) is 88.2 Å². The van der Waals surface area contributed by atoms with E-state index in [1.165, 1.54) is 11.8 Å². The van der Waals surface area contributed by atoms with Gasteiger partial charge in [0, 0.05) is 45.3 Å². The Kier molecular flexibility index (Phi) is 5.34. The van der Waals surface area contributed by atoms with Gasteiger partial charge in [0.05, 0.1) is 30.9 Å². The van der Waals surface area contributed by atoms with E-state index in [4.69, 9.17) is 9.47 Å². The number of carbonyl (C=O) groups is 3. The van der Waals surface area contributed by atoms with E-state index < -0.39 is 12.2 Å². The van der Waals surface area contributed by atoms with Crippen LogP contribution in [-0.4, -0.2) is 62.6 Å². The third-order valence-electron chi connectivity index (χ3n) is 4.31. The highest BCUT2D eigenvalue weighted by Gasteiger charge is 2.33. The number of hydrogen-bond acceptors (Lipinski definition) is 6. The largest absolute Gasteiger partial charge is 0.492 e. The van der Waals surface area contributed by atoms with Crippen molar-refractivity contribution in [2.24, 2.45) is 0 Å². The zero-order valence-electron chi connectivity index (χ0n) is 15.7. The number of fused-ring (bicyclic) bond motifs is 1. The molecule has 8 nitrogen and oxygen atoms in total. The molecule has 2 amide bonds. The quantitative estimate of drug-likeness (QED) is 0.806. The molecule has 0 saturated carbocycles. The standard InChI is InChI=1S/C19H23N3O5/c1-12(23)20-9-15-11-22(19(25)27-15)14-4-5-16-17(8-14)26-7-6-13(18(16)24)10-21(2)3/h4-5,8,10,15H,6-7,9,11H2,1-3H3,(H,20,23)/b13-10-/t15-/m0/s1. The summed E-state index contributed by atoms with van der Waals surface area (Å²) in [5.41, 5.74) is 1.76. The van der Waals surface area contributed by atoms with Gasteiger partial charge in [-0.15, -0.1) is 0 Å². The van der Waals surface area contributed by atoms with Gasteiger partial charge >= 0.3 is 6.09 Å². The van der Waals surface area contributed by atoms with Gasteiger partial charge in [-0.25, -0.2) is 4.79 Å². The average molecular weight is 373 g/mol. The Labute approximate surface area is 157 Å². The third kappa shape index (κ3) is 4.21. The van der Waals surface area contributed by atoms with E-state index >= 15 is 0 Å². The van der Waals surface area contributed by atoms with Gasteiger partial charge in [-0.1, -0.05) is 0 Å². The van der Waals surface area contributed by atoms with E-state index in [2.05, 4.69) is 5.32 Å². The van der Waals surface area contributed by atoms with Crippen LogP contribution >= 0.6 is 0 Å². The molecule has 0 spiro atoms. The molecule has 0 aromatic heterocycles. The van der Waals surface area contributed by atoms with E-state index in [1.54, 1.807) is 24.4 Å². The first-order valence-corrected chi connectivity index (χ1v) is 8.76. The lowest BCUT2D eigenvalue weighted by atomic mass is 10.0. The first kappa shape index (κ1) is 18.8. The highest BCUT2D eigenvalue weighted by atomic mass is 16.6. The third-order valence-corrected chi connectivity index (χ3v) is 4.31. The van der Waals surface area contributed by atoms with Crippen LogP contribution in [0, 0.1) is 0 Å². The molecule has 3 rings (SSSR count). The molecule has 1 atom stereocenters. The number of anilines is 1. The van der Waals surface area contributed by atoms with Crippen LogP contribution in [-0.2, 0) is 9.53 Å². The van der Waals surface area contributed by atoms with Crippen molar-refractivity contribution in [1.29, 1.82) is 0 Å². The molecule has 144 valence electrons. The zero-order chi connectivity index (χ0) is 19.6. The fraction of sp³-hybridized carbons (Fsp3) is 0.421. The van der Waals surface area contributed by atoms with Gasteiger partial charge in [0.25, 0.3) is 0 Å². The number of benzene rings is 1. The SMILES string of the molecule is CC(=O)NC[C@H]1CN(c2ccc3c(c2)OCC/C(=C/N(C)C)C3=O)C(=O)O1. The van der Waals surface area contributed by atoms with E-state index in [0.717, 1.165) is 0 Å². The Hall–Kier alpha value is -3.03. The van der Waals surface area contributed by atoms with Gasteiger partial charge in [0.15, 0.2) is 5.78 Å². The minimum absolute atomic E-state index is 0.0738. The summed E-state index contributed by atoms with van der Waals surface area (Å²) in [6.45, 7) is 2.37. The summed E-state index contributed by atoms with van der Waals surface area (Å²) < 4.78 is 11.0. The van der Waals surface area contributed by atoms with E-state index in [9.17, 15) is 14.4 Å². The number of nitrogens with zero attached hydrogens (tertiary/aromatic N) is 2. The molecule has 1 saturated heterocycles. The smallest absolute Gasteiger partial charge is 0.414 e. The Morgan fingerprint density at radius 2 is 2.15 bits per heavy atom. The van der Waals surface area contributed by atoms with Gasteiger partial charge in [0.2, 0.25) is 5.91 Å². The summed E-state index contributed by atoms with van der Waals surface area (Å²) in [6, 6.07) is 5.07. The lowest BCUT2D eigenvalue weighted by Crippen LogP contribution is -2.33. The van der Waals surface area contributed by atoms with Gasteiger partial charge < -0.3 is 19.7 Å². The minimum atomic E-state index is -0.488. The highest BCUT2D eigenvalue weighted by molar-refractivity contribution is 6.11. The Balaban J connectivity index is 1.80. The number of hydrogen-bond donors (Lipinski definition) is 1. The number of ketones is 1. The van der Waals surface area contributed by atoms with Crippen LogP contribution in [0.3, 0.4) is 0 Å². The first-order valence-electron chi connectivity index (χ1n) is 8.76. The fourth-order valence-corrected chi connectivity index (χ4v) is 3.07. The van der Waals surface area contributed by atoms with Gasteiger partial charge in [-0.05, 0) is 12.1 Å². The molecule has 0 bridgehead atoms. The second kappa shape index (κ2) is 7.69. The summed E-state index contributed by atoms with van der Waals surface area (Å²) in [6.07, 6.45) is 1.42. The van der Waals surface area contributed by atoms with Crippen LogP contribution in [0.2, 0.25) is 0 Å². The van der Waals surface area contributed by atoms with Crippen molar-refractivity contribution >= 4 is 23.5 Å². The minimum Gasteiger partial charge on any atom is -0.492 e. The van der Waals surface area contributed by atoms with Crippen LogP contribution in [0.4, 0.5) is 10.5 Å². The van der Waals surface area contributed by atoms with Crippen LogP contribution in [0.25, 0.3) is 0 Å². The monoisotopic (exact) mass is 373 g/mol. The van der Waals surface area contributed by atoms with Crippen molar-refractivity contribution in [2.75, 3.05) is 38.7 Å². The molecule has 1 fully saturated rings. The summed E-state index contributed by atoms with van der Waals surface area (Å²) in [4.78, 5) is 39.3. The second-order valence-electron chi connectivity index (χ2n) is 6.78. The number of carbonyl (C=O) groups excluding carboxylic acids is 3. The second-order valence-corrected chi connectivity index (χ2v) is 6.78. The number of ether oxygens (including phenoxy) is 2. The molecule has 1 aromatic rings. The maximum atomic E-state index is 12.7. The normalized spacial score (nSPS) is 20.6. The molecule has 8 heteroatoms. The summed E-state index contributed by atoms with van der Waals surface area (Å²) >= 11 is 0. The molecule has 2 aliphatic heterocycles. The Morgan fingerprint density at radius 1 is 1.37 bits per heavy atom. The maximum Gasteiger partial charge on any atom is 0.414 e. The molecule has 0 radical (unpaired) electrons. The molecule has 2 heterocycles. The van der Waals surface area contributed by atoms with E-state index in [1.807, 2.05) is 19.0 Å². The van der Waals surface area contributed by atoms with Crippen LogP contribution in [0.1, 0.15) is 23.7 Å². The predicted molar refractivity (Wildman–Crippen MR) is 99.0 cm³/mol. The molecular weight excluding hydrogens is 350 g/mol. The van der Waals surface area contributed by atoms with Gasteiger partial charge in [-0.3, -0.25) is 14.5 Å². The molecule has 27 heavy (non-hydrogen) atoms. The molecule has 1 aromatic carbocycles. The summed E-state index contributed by atoms with van der Waals surface area (Å²) in [5.74, 6) is 0.205. The van der Waals surface area contributed by atoms with Crippen molar-refractivity contribution in [1.82, 2.24) is 10.2 Å². The fourth-order valence-electron chi connectivity index (χ4n) is 3.07. The van der Waals surface area contributed by atoms with E-state index in [-0.39, 0.29) is 18.2 Å². The van der Waals surface area contributed by atoms with Gasteiger partial charge in [-0.2, -0.15) is 0 Å². The molecule has 0 aliphatic carbocycles. The molecular formula is C19H23N3O5. The molecule has 0 unspecified atom stereocenters. The summed E-state index contributed by atoms with van der Waals surface area (Å²) in [5, 5.41) is 2.64. The number of rotatable bonds is 4. The number of amides is 2. The van der Waals surface area contributed by atoms with E-state index in [0.29, 0.717) is 42.1 Å². The van der Waals surface area contributed by atoms with Crippen molar-refractivity contribution in [3.8, 4) is 5.75 Å². The number of cyclic esters (lactones) is 1. The lowest BCUT2D eigenvalue weighted by Gasteiger charge is -2.15. The first-order chi connectivity index (χ1) is 12.8. The van der Waals surface area contributed by atoms with Crippen LogP contribution in [0.5, 0.6) is 5.75 Å².